The largest absolute Gasteiger partial charge is 0.416 e. The number of hydrogen-bond donors (Lipinski definition) is 1. The fourth-order valence-corrected chi connectivity index (χ4v) is 2.18. The van der Waals surface area contributed by atoms with Crippen LogP contribution in [0.1, 0.15) is 11.3 Å². The summed E-state index contributed by atoms with van der Waals surface area (Å²) < 4.78 is 40.2. The number of halogens is 4. The second-order valence-electron chi connectivity index (χ2n) is 4.17. The summed E-state index contributed by atoms with van der Waals surface area (Å²) in [5.74, 6) is 0.490. The third-order valence-corrected chi connectivity index (χ3v) is 2.94. The Morgan fingerprint density at radius 1 is 1.26 bits per heavy atom. The summed E-state index contributed by atoms with van der Waals surface area (Å²) in [5.41, 5.74) is 0.404. The van der Waals surface area contributed by atoms with Crippen LogP contribution in [0.15, 0.2) is 28.9 Å². The summed E-state index contributed by atoms with van der Waals surface area (Å²) in [7, 11) is 1.77. The van der Waals surface area contributed by atoms with Gasteiger partial charge in [-0.2, -0.15) is 13.2 Å². The molecule has 2 rings (SSSR count). The molecule has 19 heavy (non-hydrogen) atoms. The number of anilines is 2. The van der Waals surface area contributed by atoms with Crippen molar-refractivity contribution in [3.05, 3.63) is 40.1 Å². The van der Waals surface area contributed by atoms with E-state index in [4.69, 9.17) is 0 Å². The molecule has 3 nitrogen and oxygen atoms in total. The van der Waals surface area contributed by atoms with Gasteiger partial charge in [-0.1, -0.05) is 15.9 Å². The van der Waals surface area contributed by atoms with E-state index in [1.807, 2.05) is 6.92 Å². The van der Waals surface area contributed by atoms with Crippen LogP contribution < -0.4 is 5.32 Å². The topological polar surface area (TPSA) is 29.9 Å². The maximum Gasteiger partial charge on any atom is 0.416 e. The van der Waals surface area contributed by atoms with Crippen LogP contribution in [0.2, 0.25) is 0 Å². The lowest BCUT2D eigenvalue weighted by Crippen LogP contribution is -2.06. The van der Waals surface area contributed by atoms with Crippen LogP contribution in [-0.2, 0) is 13.2 Å². The van der Waals surface area contributed by atoms with E-state index in [2.05, 4.69) is 26.2 Å². The molecule has 0 amide bonds. The Balaban J connectivity index is 2.35. The first-order valence-corrected chi connectivity index (χ1v) is 6.20. The molecule has 0 fully saturated rings. The van der Waals surface area contributed by atoms with Gasteiger partial charge in [0.1, 0.15) is 0 Å². The average molecular weight is 334 g/mol. The molecule has 0 aliphatic rings. The van der Waals surface area contributed by atoms with E-state index < -0.39 is 11.7 Å². The molecule has 0 spiro atoms. The number of nitrogens with zero attached hydrogens (tertiary/aromatic N) is 2. The predicted octanol–water partition coefficient (Wildman–Crippen LogP) is 4.25. The maximum atomic E-state index is 12.7. The molecule has 1 aromatic heterocycles. The molecular formula is C12H11BrF3N3. The Labute approximate surface area is 116 Å². The highest BCUT2D eigenvalue weighted by molar-refractivity contribution is 9.10. The molecule has 1 aromatic carbocycles. The Kier molecular flexibility index (Phi) is 3.58. The first kappa shape index (κ1) is 13.9. The first-order valence-electron chi connectivity index (χ1n) is 5.40. The van der Waals surface area contributed by atoms with E-state index in [1.165, 1.54) is 0 Å². The lowest BCUT2D eigenvalue weighted by Gasteiger charge is -2.11. The van der Waals surface area contributed by atoms with Gasteiger partial charge in [0.05, 0.1) is 11.3 Å². The smallest absolute Gasteiger partial charge is 0.326 e. The van der Waals surface area contributed by atoms with Crippen molar-refractivity contribution in [1.29, 1.82) is 0 Å². The number of rotatable bonds is 2. The van der Waals surface area contributed by atoms with Crippen molar-refractivity contribution in [2.45, 2.75) is 13.1 Å². The molecular weight excluding hydrogens is 323 g/mol. The van der Waals surface area contributed by atoms with Crippen molar-refractivity contribution >= 4 is 27.6 Å². The van der Waals surface area contributed by atoms with Crippen LogP contribution in [0.4, 0.5) is 24.8 Å². The standard InChI is InChI=1S/C12H11BrF3N3/c1-7-6-19(2)11(17-7)18-10-4-8(12(14,15)16)3-9(13)5-10/h3-6H,1-2H3,(H,17,18). The van der Waals surface area contributed by atoms with Crippen molar-refractivity contribution in [1.82, 2.24) is 9.55 Å². The van der Waals surface area contributed by atoms with E-state index in [0.29, 0.717) is 16.1 Å². The van der Waals surface area contributed by atoms with E-state index in [-0.39, 0.29) is 0 Å². The number of benzene rings is 1. The van der Waals surface area contributed by atoms with Crippen molar-refractivity contribution in [3.8, 4) is 0 Å². The summed E-state index contributed by atoms with van der Waals surface area (Å²) in [4.78, 5) is 4.18. The Morgan fingerprint density at radius 2 is 1.95 bits per heavy atom. The van der Waals surface area contributed by atoms with Crippen LogP contribution in [0, 0.1) is 6.92 Å². The number of nitrogens with one attached hydrogen (secondary N) is 1. The zero-order valence-electron chi connectivity index (χ0n) is 10.2. The van der Waals surface area contributed by atoms with Gasteiger partial charge >= 0.3 is 6.18 Å². The van der Waals surface area contributed by atoms with Gasteiger partial charge in [-0.05, 0) is 25.1 Å². The number of aryl methyl sites for hydroxylation is 2. The molecule has 2 aromatic rings. The molecule has 0 aliphatic carbocycles. The van der Waals surface area contributed by atoms with Crippen molar-refractivity contribution < 1.29 is 13.2 Å². The third-order valence-electron chi connectivity index (χ3n) is 2.48. The summed E-state index contributed by atoms with van der Waals surface area (Å²) in [5, 5.41) is 2.87. The fourth-order valence-electron chi connectivity index (χ4n) is 1.69. The second-order valence-corrected chi connectivity index (χ2v) is 5.08. The first-order chi connectivity index (χ1) is 8.75. The zero-order valence-corrected chi connectivity index (χ0v) is 11.8. The highest BCUT2D eigenvalue weighted by Gasteiger charge is 2.31. The fraction of sp³-hybridized carbons (Fsp3) is 0.250. The minimum Gasteiger partial charge on any atom is -0.326 e. The Bertz CT molecular complexity index is 605. The molecule has 0 saturated heterocycles. The molecule has 0 atom stereocenters. The molecule has 7 heteroatoms. The summed E-state index contributed by atoms with van der Waals surface area (Å²) in [6.07, 6.45) is -2.59. The van der Waals surface area contributed by atoms with Gasteiger partial charge in [0, 0.05) is 23.4 Å². The van der Waals surface area contributed by atoms with Gasteiger partial charge in [-0.3, -0.25) is 0 Å². The van der Waals surface area contributed by atoms with Gasteiger partial charge in [0.2, 0.25) is 5.95 Å². The number of alkyl halides is 3. The lowest BCUT2D eigenvalue weighted by atomic mass is 10.2. The van der Waals surface area contributed by atoms with Gasteiger partial charge in [0.25, 0.3) is 0 Å². The van der Waals surface area contributed by atoms with Gasteiger partial charge in [0.15, 0.2) is 0 Å². The summed E-state index contributed by atoms with van der Waals surface area (Å²) >= 11 is 3.08. The highest BCUT2D eigenvalue weighted by atomic mass is 79.9. The van der Waals surface area contributed by atoms with Crippen LogP contribution in [0.5, 0.6) is 0 Å². The normalized spacial score (nSPS) is 11.7. The molecule has 1 N–H and O–H groups in total. The average Bonchev–Trinajstić information content (AvgIpc) is 2.55. The predicted molar refractivity (Wildman–Crippen MR) is 70.4 cm³/mol. The monoisotopic (exact) mass is 333 g/mol. The highest BCUT2D eigenvalue weighted by Crippen LogP contribution is 2.34. The maximum absolute atomic E-state index is 12.7. The molecule has 0 radical (unpaired) electrons. The molecule has 102 valence electrons. The van der Waals surface area contributed by atoms with E-state index in [1.54, 1.807) is 23.9 Å². The van der Waals surface area contributed by atoms with E-state index >= 15 is 0 Å². The minimum absolute atomic E-state index is 0.329. The van der Waals surface area contributed by atoms with E-state index in [0.717, 1.165) is 17.8 Å². The summed E-state index contributed by atoms with van der Waals surface area (Å²) in [6.45, 7) is 1.81. The zero-order chi connectivity index (χ0) is 14.2. The van der Waals surface area contributed by atoms with Crippen LogP contribution in [0.25, 0.3) is 0 Å². The quantitative estimate of drug-likeness (QED) is 0.890. The van der Waals surface area contributed by atoms with Crippen LogP contribution in [-0.4, -0.2) is 9.55 Å². The van der Waals surface area contributed by atoms with E-state index in [9.17, 15) is 13.2 Å². The number of aromatic nitrogens is 2. The third kappa shape index (κ3) is 3.28. The van der Waals surface area contributed by atoms with Gasteiger partial charge < -0.3 is 9.88 Å². The molecule has 0 unspecified atom stereocenters. The van der Waals surface area contributed by atoms with Crippen molar-refractivity contribution in [3.63, 3.8) is 0 Å². The minimum atomic E-state index is -4.38. The lowest BCUT2D eigenvalue weighted by molar-refractivity contribution is -0.137. The Hall–Kier alpha value is -1.50. The van der Waals surface area contributed by atoms with Crippen LogP contribution >= 0.6 is 15.9 Å². The molecule has 0 saturated carbocycles. The number of hydrogen-bond acceptors (Lipinski definition) is 2. The Morgan fingerprint density at radius 3 is 2.47 bits per heavy atom. The molecule has 1 heterocycles. The van der Waals surface area contributed by atoms with Gasteiger partial charge in [-0.25, -0.2) is 4.98 Å². The SMILES string of the molecule is Cc1cn(C)c(Nc2cc(Br)cc(C(F)(F)F)c2)n1. The molecule has 0 aliphatic heterocycles. The van der Waals surface area contributed by atoms with Crippen LogP contribution in [0.3, 0.4) is 0 Å². The summed E-state index contributed by atoms with van der Waals surface area (Å²) in [6, 6.07) is 3.66. The van der Waals surface area contributed by atoms with Crippen molar-refractivity contribution in [2.75, 3.05) is 5.32 Å². The number of imidazole rings is 1. The van der Waals surface area contributed by atoms with Crippen molar-refractivity contribution in [2.24, 2.45) is 7.05 Å². The molecule has 0 bridgehead atoms. The van der Waals surface area contributed by atoms with Gasteiger partial charge in [-0.15, -0.1) is 0 Å². The second kappa shape index (κ2) is 4.88.